The zero-order valence-electron chi connectivity index (χ0n) is 11.2. The molecule has 0 atom stereocenters. The molecule has 0 aliphatic carbocycles. The third kappa shape index (κ3) is 4.75. The standard InChI is InChI=1S/C14H20BrFN2O/c1-18(13-2-4-17-5-3-13)6-7-19-14-9-11(15)8-12(16)10-14/h8-10,13,17H,2-7H2,1H3. The first-order chi connectivity index (χ1) is 9.15. The van der Waals surface area contributed by atoms with Crippen LogP contribution >= 0.6 is 15.9 Å². The van der Waals surface area contributed by atoms with Gasteiger partial charge in [0.05, 0.1) is 0 Å². The van der Waals surface area contributed by atoms with Gasteiger partial charge in [0.2, 0.25) is 0 Å². The molecule has 0 aromatic heterocycles. The predicted molar refractivity (Wildman–Crippen MR) is 78.1 cm³/mol. The number of benzene rings is 1. The van der Waals surface area contributed by atoms with Crippen molar-refractivity contribution in [2.45, 2.75) is 18.9 Å². The molecule has 19 heavy (non-hydrogen) atoms. The zero-order chi connectivity index (χ0) is 13.7. The molecular formula is C14H20BrFN2O. The first kappa shape index (κ1) is 14.8. The van der Waals surface area contributed by atoms with Crippen LogP contribution in [0.1, 0.15) is 12.8 Å². The summed E-state index contributed by atoms with van der Waals surface area (Å²) in [5, 5.41) is 3.36. The van der Waals surface area contributed by atoms with Crippen molar-refractivity contribution < 1.29 is 9.13 Å². The summed E-state index contributed by atoms with van der Waals surface area (Å²) in [4.78, 5) is 2.33. The van der Waals surface area contributed by atoms with Crippen molar-refractivity contribution in [1.82, 2.24) is 10.2 Å². The van der Waals surface area contributed by atoms with Crippen LogP contribution < -0.4 is 10.1 Å². The van der Waals surface area contributed by atoms with Gasteiger partial charge in [-0.15, -0.1) is 0 Å². The Morgan fingerprint density at radius 1 is 1.37 bits per heavy atom. The average molecular weight is 331 g/mol. The lowest BCUT2D eigenvalue weighted by atomic mass is 10.1. The minimum atomic E-state index is -0.281. The number of nitrogens with zero attached hydrogens (tertiary/aromatic N) is 1. The second-order valence-corrected chi connectivity index (χ2v) is 5.83. The van der Waals surface area contributed by atoms with Gasteiger partial charge in [-0.1, -0.05) is 15.9 Å². The Bertz CT molecular complexity index is 390. The molecule has 1 heterocycles. The highest BCUT2D eigenvalue weighted by molar-refractivity contribution is 9.10. The SMILES string of the molecule is CN(CCOc1cc(F)cc(Br)c1)C1CCNCC1. The molecule has 1 saturated heterocycles. The Morgan fingerprint density at radius 3 is 2.79 bits per heavy atom. The summed E-state index contributed by atoms with van der Waals surface area (Å²) >= 11 is 3.26. The van der Waals surface area contributed by atoms with E-state index >= 15 is 0 Å². The quantitative estimate of drug-likeness (QED) is 0.898. The van der Waals surface area contributed by atoms with Gasteiger partial charge < -0.3 is 10.1 Å². The molecule has 1 aliphatic rings. The molecule has 2 rings (SSSR count). The summed E-state index contributed by atoms with van der Waals surface area (Å²) in [6.07, 6.45) is 2.37. The molecule has 0 spiro atoms. The number of halogens is 2. The van der Waals surface area contributed by atoms with E-state index in [9.17, 15) is 4.39 Å². The number of ether oxygens (including phenoxy) is 1. The van der Waals surface area contributed by atoms with Crippen molar-refractivity contribution in [1.29, 1.82) is 0 Å². The minimum Gasteiger partial charge on any atom is -0.492 e. The fourth-order valence-electron chi connectivity index (χ4n) is 2.35. The topological polar surface area (TPSA) is 24.5 Å². The average Bonchev–Trinajstić information content (AvgIpc) is 2.38. The van der Waals surface area contributed by atoms with Gasteiger partial charge in [-0.05, 0) is 45.1 Å². The third-order valence-electron chi connectivity index (χ3n) is 3.48. The number of hydrogen-bond acceptors (Lipinski definition) is 3. The van der Waals surface area contributed by atoms with E-state index < -0.39 is 0 Å². The molecule has 1 aliphatic heterocycles. The Labute approximate surface area is 122 Å². The van der Waals surface area contributed by atoms with Crippen LogP contribution in [0.2, 0.25) is 0 Å². The molecule has 0 saturated carbocycles. The number of hydrogen-bond donors (Lipinski definition) is 1. The second-order valence-electron chi connectivity index (χ2n) is 4.92. The minimum absolute atomic E-state index is 0.281. The third-order valence-corrected chi connectivity index (χ3v) is 3.94. The van der Waals surface area contributed by atoms with Gasteiger partial charge >= 0.3 is 0 Å². The van der Waals surface area contributed by atoms with Gasteiger partial charge in [0.1, 0.15) is 18.2 Å². The van der Waals surface area contributed by atoms with Crippen LogP contribution in [0.4, 0.5) is 4.39 Å². The number of rotatable bonds is 5. The molecule has 5 heteroatoms. The van der Waals surface area contributed by atoms with Gasteiger partial charge in [0.25, 0.3) is 0 Å². The van der Waals surface area contributed by atoms with Crippen molar-refractivity contribution in [3.05, 3.63) is 28.5 Å². The molecule has 0 radical (unpaired) electrons. The van der Waals surface area contributed by atoms with Gasteiger partial charge in [-0.2, -0.15) is 0 Å². The van der Waals surface area contributed by atoms with E-state index in [1.165, 1.54) is 25.0 Å². The molecule has 3 nitrogen and oxygen atoms in total. The first-order valence-electron chi connectivity index (χ1n) is 6.65. The van der Waals surface area contributed by atoms with Crippen LogP contribution in [-0.4, -0.2) is 44.2 Å². The highest BCUT2D eigenvalue weighted by Crippen LogP contribution is 2.20. The summed E-state index contributed by atoms with van der Waals surface area (Å²) in [6, 6.07) is 5.25. The molecule has 0 unspecified atom stereocenters. The zero-order valence-corrected chi connectivity index (χ0v) is 12.7. The molecule has 1 aromatic rings. The van der Waals surface area contributed by atoms with Gasteiger partial charge in [0.15, 0.2) is 0 Å². The Balaban J connectivity index is 1.76. The molecule has 1 N–H and O–H groups in total. The van der Waals surface area contributed by atoms with E-state index in [1.54, 1.807) is 6.07 Å². The van der Waals surface area contributed by atoms with E-state index in [0.29, 0.717) is 22.9 Å². The lowest BCUT2D eigenvalue weighted by molar-refractivity contribution is 0.165. The van der Waals surface area contributed by atoms with E-state index in [0.717, 1.165) is 19.6 Å². The van der Waals surface area contributed by atoms with Crippen LogP contribution in [0, 0.1) is 5.82 Å². The van der Waals surface area contributed by atoms with Crippen LogP contribution in [0.25, 0.3) is 0 Å². The Morgan fingerprint density at radius 2 is 2.11 bits per heavy atom. The summed E-state index contributed by atoms with van der Waals surface area (Å²) in [5.74, 6) is 0.293. The number of likely N-dealkylation sites (N-methyl/N-ethyl adjacent to an activating group) is 1. The smallest absolute Gasteiger partial charge is 0.128 e. The van der Waals surface area contributed by atoms with Crippen LogP contribution in [0.3, 0.4) is 0 Å². The summed E-state index contributed by atoms with van der Waals surface area (Å²) in [6.45, 7) is 3.62. The lowest BCUT2D eigenvalue weighted by Gasteiger charge is -2.31. The van der Waals surface area contributed by atoms with Crippen LogP contribution in [-0.2, 0) is 0 Å². The van der Waals surface area contributed by atoms with E-state index in [4.69, 9.17) is 4.74 Å². The summed E-state index contributed by atoms with van der Waals surface area (Å²) < 4.78 is 19.5. The Hall–Kier alpha value is -0.650. The lowest BCUT2D eigenvalue weighted by Crippen LogP contribution is -2.42. The fraction of sp³-hybridized carbons (Fsp3) is 0.571. The highest BCUT2D eigenvalue weighted by atomic mass is 79.9. The maximum Gasteiger partial charge on any atom is 0.128 e. The van der Waals surface area contributed by atoms with Crippen LogP contribution in [0.5, 0.6) is 5.75 Å². The molecule has 0 amide bonds. The van der Waals surface area contributed by atoms with Crippen molar-refractivity contribution in [3.63, 3.8) is 0 Å². The van der Waals surface area contributed by atoms with Crippen molar-refractivity contribution in [2.75, 3.05) is 33.3 Å². The normalized spacial score (nSPS) is 16.8. The van der Waals surface area contributed by atoms with Crippen molar-refractivity contribution in [3.8, 4) is 5.75 Å². The van der Waals surface area contributed by atoms with Crippen LogP contribution in [0.15, 0.2) is 22.7 Å². The van der Waals surface area contributed by atoms with Gasteiger partial charge in [-0.25, -0.2) is 4.39 Å². The molecular weight excluding hydrogens is 311 g/mol. The van der Waals surface area contributed by atoms with Crippen molar-refractivity contribution >= 4 is 15.9 Å². The highest BCUT2D eigenvalue weighted by Gasteiger charge is 2.17. The molecule has 0 bridgehead atoms. The van der Waals surface area contributed by atoms with E-state index in [2.05, 4.69) is 33.2 Å². The first-order valence-corrected chi connectivity index (χ1v) is 7.44. The summed E-state index contributed by atoms with van der Waals surface area (Å²) in [7, 11) is 2.13. The maximum atomic E-state index is 13.2. The maximum absolute atomic E-state index is 13.2. The van der Waals surface area contributed by atoms with Crippen molar-refractivity contribution in [2.24, 2.45) is 0 Å². The second kappa shape index (κ2) is 7.22. The van der Waals surface area contributed by atoms with Gasteiger partial charge in [-0.3, -0.25) is 4.90 Å². The fourth-order valence-corrected chi connectivity index (χ4v) is 2.79. The number of nitrogens with one attached hydrogen (secondary N) is 1. The largest absolute Gasteiger partial charge is 0.492 e. The van der Waals surface area contributed by atoms with Gasteiger partial charge in [0, 0.05) is 23.1 Å². The molecule has 1 aromatic carbocycles. The molecule has 106 valence electrons. The number of piperidine rings is 1. The Kier molecular flexibility index (Phi) is 5.60. The predicted octanol–water partition coefficient (Wildman–Crippen LogP) is 2.65. The van der Waals surface area contributed by atoms with E-state index in [-0.39, 0.29) is 5.82 Å². The monoisotopic (exact) mass is 330 g/mol. The summed E-state index contributed by atoms with van der Waals surface area (Å²) in [5.41, 5.74) is 0. The molecule has 1 fully saturated rings. The van der Waals surface area contributed by atoms with E-state index in [1.807, 2.05) is 0 Å².